The fourth-order valence-corrected chi connectivity index (χ4v) is 4.38. The largest absolute Gasteiger partial charge is 0.358 e. The monoisotopic (exact) mass is 488 g/mol. The van der Waals surface area contributed by atoms with Crippen LogP contribution in [0.1, 0.15) is 38.4 Å². The summed E-state index contributed by atoms with van der Waals surface area (Å²) in [4.78, 5) is 12.6. The van der Waals surface area contributed by atoms with Crippen molar-refractivity contribution in [2.75, 3.05) is 5.32 Å². The van der Waals surface area contributed by atoms with Gasteiger partial charge in [-0.2, -0.15) is 5.10 Å². The van der Waals surface area contributed by atoms with Crippen LogP contribution in [0, 0.1) is 12.3 Å². The molecule has 0 spiro atoms. The van der Waals surface area contributed by atoms with E-state index in [4.69, 9.17) is 0 Å². The molecule has 0 saturated heterocycles. The smallest absolute Gasteiger partial charge is 0.181 e. The Kier molecular flexibility index (Phi) is 6.25. The zero-order valence-corrected chi connectivity index (χ0v) is 21.8. The van der Waals surface area contributed by atoms with Crippen LogP contribution in [0.25, 0.3) is 39.1 Å². The molecule has 1 aliphatic carbocycles. The second kappa shape index (κ2) is 9.54. The van der Waals surface area contributed by atoms with E-state index in [1.54, 1.807) is 0 Å². The van der Waals surface area contributed by atoms with Crippen LogP contribution in [-0.4, -0.2) is 25.1 Å². The zero-order valence-electron chi connectivity index (χ0n) is 21.8. The molecule has 0 fully saturated rings. The Bertz CT molecular complexity index is 1600. The highest BCUT2D eigenvalue weighted by molar-refractivity contribution is 5.94. The minimum atomic E-state index is -0.0551. The van der Waals surface area contributed by atoms with Gasteiger partial charge in [-0.15, -0.1) is 0 Å². The molecule has 0 bridgehead atoms. The highest BCUT2D eigenvalue weighted by atomic mass is 15.2. The number of anilines is 1. The third-order valence-corrected chi connectivity index (χ3v) is 6.62. The summed E-state index contributed by atoms with van der Waals surface area (Å²) in [5.74, 6) is 0. The first kappa shape index (κ1) is 24.3. The van der Waals surface area contributed by atoms with Crippen molar-refractivity contribution in [3.05, 3.63) is 103 Å². The number of hydrogen-bond acceptors (Lipinski definition) is 4. The number of H-pyrrole nitrogens is 2. The van der Waals surface area contributed by atoms with E-state index >= 15 is 0 Å². The molecule has 6 nitrogen and oxygen atoms in total. The Morgan fingerprint density at radius 1 is 1.11 bits per heavy atom. The molecule has 4 aromatic heterocycles. The lowest BCUT2D eigenvalue weighted by Gasteiger charge is -2.23. The second-order valence-electron chi connectivity index (χ2n) is 10.3. The number of fused-ring (bicyclic) bond motifs is 1. The van der Waals surface area contributed by atoms with Crippen molar-refractivity contribution in [3.63, 3.8) is 0 Å². The van der Waals surface area contributed by atoms with Crippen LogP contribution in [-0.2, 0) is 0 Å². The second-order valence-corrected chi connectivity index (χ2v) is 10.3. The summed E-state index contributed by atoms with van der Waals surface area (Å²) in [6, 6.07) is 6.35. The van der Waals surface area contributed by atoms with Gasteiger partial charge in [-0.25, -0.2) is 4.98 Å². The van der Waals surface area contributed by atoms with E-state index in [-0.39, 0.29) is 5.41 Å². The number of nitrogens with zero attached hydrogens (tertiary/aromatic N) is 3. The van der Waals surface area contributed by atoms with Gasteiger partial charge in [-0.05, 0) is 42.7 Å². The standard InChI is InChI=1S/C31H32N6/c1-7-10-25(21-11-8-9-12-21)26-15-28(34-19(26)2)29-27-14-23(17-33-30(27)37-36-29)22-13-24(18-32-16-22)35-20(3)31(4,5)6/h7-8,10-18,34-35H,1,3,9H2,2,4-6H3,(H,33,36,37)/b25-10-. The van der Waals surface area contributed by atoms with Crippen molar-refractivity contribution < 1.29 is 0 Å². The van der Waals surface area contributed by atoms with E-state index in [1.807, 2.05) is 24.7 Å². The maximum atomic E-state index is 4.63. The summed E-state index contributed by atoms with van der Waals surface area (Å²) < 4.78 is 0. The summed E-state index contributed by atoms with van der Waals surface area (Å²) in [5.41, 5.74) is 10.8. The lowest BCUT2D eigenvalue weighted by atomic mass is 9.93. The van der Waals surface area contributed by atoms with E-state index in [9.17, 15) is 0 Å². The first-order valence-electron chi connectivity index (χ1n) is 12.4. The number of pyridine rings is 2. The molecule has 0 aromatic carbocycles. The van der Waals surface area contributed by atoms with Crippen molar-refractivity contribution in [2.24, 2.45) is 5.41 Å². The predicted octanol–water partition coefficient (Wildman–Crippen LogP) is 7.75. The SMILES string of the molecule is C=C/C=C(/C1=CCC=C1)c1cc(-c2[nH]nc3ncc(-c4cncc(NC(=C)C(C)(C)C)c4)cc23)[nH]c1C. The summed E-state index contributed by atoms with van der Waals surface area (Å²) in [6.07, 6.45) is 16.9. The van der Waals surface area contributed by atoms with Gasteiger partial charge in [-0.3, -0.25) is 10.1 Å². The maximum absolute atomic E-state index is 4.63. The van der Waals surface area contributed by atoms with Gasteiger partial charge < -0.3 is 10.3 Å². The maximum Gasteiger partial charge on any atom is 0.181 e. The average molecular weight is 489 g/mol. The molecule has 0 atom stereocenters. The Morgan fingerprint density at radius 2 is 1.92 bits per heavy atom. The van der Waals surface area contributed by atoms with Gasteiger partial charge in [0, 0.05) is 51.3 Å². The van der Waals surface area contributed by atoms with Crippen LogP contribution >= 0.6 is 0 Å². The minimum absolute atomic E-state index is 0.0551. The molecule has 186 valence electrons. The number of hydrogen-bond donors (Lipinski definition) is 3. The van der Waals surface area contributed by atoms with Crippen molar-refractivity contribution >= 4 is 22.3 Å². The molecule has 1 aliphatic rings. The molecule has 4 heterocycles. The van der Waals surface area contributed by atoms with Crippen LogP contribution in [0.3, 0.4) is 0 Å². The van der Waals surface area contributed by atoms with Crippen molar-refractivity contribution in [1.82, 2.24) is 25.1 Å². The van der Waals surface area contributed by atoms with Crippen molar-refractivity contribution in [2.45, 2.75) is 34.1 Å². The highest BCUT2D eigenvalue weighted by Gasteiger charge is 2.18. The first-order valence-corrected chi connectivity index (χ1v) is 12.4. The molecule has 0 unspecified atom stereocenters. The number of aromatic nitrogens is 5. The van der Waals surface area contributed by atoms with Crippen LogP contribution in [0.2, 0.25) is 0 Å². The molecule has 0 saturated carbocycles. The van der Waals surface area contributed by atoms with Crippen LogP contribution < -0.4 is 5.32 Å². The van der Waals surface area contributed by atoms with E-state index in [2.05, 4.69) is 114 Å². The van der Waals surface area contributed by atoms with Gasteiger partial charge in [0.15, 0.2) is 5.65 Å². The lowest BCUT2D eigenvalue weighted by molar-refractivity contribution is 0.509. The Balaban J connectivity index is 1.52. The molecule has 0 amide bonds. The Hall–Kier alpha value is -4.45. The molecular weight excluding hydrogens is 456 g/mol. The summed E-state index contributed by atoms with van der Waals surface area (Å²) in [5, 5.41) is 12.0. The molecule has 0 radical (unpaired) electrons. The van der Waals surface area contributed by atoms with E-state index in [1.165, 1.54) is 5.57 Å². The molecule has 4 aromatic rings. The van der Waals surface area contributed by atoms with Gasteiger partial charge in [-0.1, -0.05) is 64.3 Å². The molecule has 6 heteroatoms. The third kappa shape index (κ3) is 4.83. The first-order chi connectivity index (χ1) is 17.7. The third-order valence-electron chi connectivity index (χ3n) is 6.62. The Morgan fingerprint density at radius 3 is 2.65 bits per heavy atom. The summed E-state index contributed by atoms with van der Waals surface area (Å²) in [7, 11) is 0. The van der Waals surface area contributed by atoms with Gasteiger partial charge in [0.1, 0.15) is 0 Å². The highest BCUT2D eigenvalue weighted by Crippen LogP contribution is 2.35. The van der Waals surface area contributed by atoms with Crippen molar-refractivity contribution in [3.8, 4) is 22.5 Å². The van der Waals surface area contributed by atoms with Gasteiger partial charge in [0.2, 0.25) is 0 Å². The summed E-state index contributed by atoms with van der Waals surface area (Å²) in [6.45, 7) is 16.6. The Labute approximate surface area is 217 Å². The molecule has 0 aliphatic heterocycles. The van der Waals surface area contributed by atoms with Crippen LogP contribution in [0.5, 0.6) is 0 Å². The minimum Gasteiger partial charge on any atom is -0.358 e. The fraction of sp³-hybridized carbons (Fsp3) is 0.194. The number of aryl methyl sites for hydroxylation is 1. The number of aromatic amines is 2. The quantitative estimate of drug-likeness (QED) is 0.232. The van der Waals surface area contributed by atoms with Gasteiger partial charge in [0.05, 0.1) is 23.3 Å². The van der Waals surface area contributed by atoms with E-state index < -0.39 is 0 Å². The van der Waals surface area contributed by atoms with E-state index in [0.717, 1.165) is 62.5 Å². The number of rotatable bonds is 7. The molecule has 3 N–H and O–H groups in total. The molecular formula is C31H32N6. The summed E-state index contributed by atoms with van der Waals surface area (Å²) >= 11 is 0. The zero-order chi connectivity index (χ0) is 26.2. The predicted molar refractivity (Wildman–Crippen MR) is 154 cm³/mol. The molecule has 37 heavy (non-hydrogen) atoms. The topological polar surface area (TPSA) is 82.3 Å². The van der Waals surface area contributed by atoms with Crippen LogP contribution in [0.4, 0.5) is 5.69 Å². The van der Waals surface area contributed by atoms with E-state index in [0.29, 0.717) is 5.65 Å². The lowest BCUT2D eigenvalue weighted by Crippen LogP contribution is -2.15. The fourth-order valence-electron chi connectivity index (χ4n) is 4.38. The average Bonchev–Trinajstić information content (AvgIpc) is 3.62. The molecule has 5 rings (SSSR count). The number of allylic oxidation sites excluding steroid dienone is 8. The normalized spacial score (nSPS) is 13.7. The van der Waals surface area contributed by atoms with Gasteiger partial charge in [0.25, 0.3) is 0 Å². The van der Waals surface area contributed by atoms with Crippen molar-refractivity contribution in [1.29, 1.82) is 0 Å². The van der Waals surface area contributed by atoms with Gasteiger partial charge >= 0.3 is 0 Å². The number of nitrogens with one attached hydrogen (secondary N) is 3. The van der Waals surface area contributed by atoms with Crippen LogP contribution in [0.15, 0.2) is 91.6 Å².